The van der Waals surface area contributed by atoms with Crippen molar-refractivity contribution in [3.8, 4) is 0 Å². The van der Waals surface area contributed by atoms with E-state index in [1.165, 1.54) is 5.69 Å². The lowest BCUT2D eigenvalue weighted by Crippen LogP contribution is -2.41. The van der Waals surface area contributed by atoms with Gasteiger partial charge in [-0.3, -0.25) is 0 Å². The average molecular weight is 170 g/mol. The van der Waals surface area contributed by atoms with Crippen LogP contribution < -0.4 is 9.13 Å². The van der Waals surface area contributed by atoms with Crippen molar-refractivity contribution in [2.24, 2.45) is 14.1 Å². The summed E-state index contributed by atoms with van der Waals surface area (Å²) in [7, 11) is 4.08. The topological polar surface area (TPSA) is 7.76 Å². The fraction of sp³-hybridized carbons (Fsp3) is 0.500. The van der Waals surface area contributed by atoms with Crippen LogP contribution in [0.2, 0.25) is 0 Å². The Labute approximate surface area is 72.9 Å². The van der Waals surface area contributed by atoms with E-state index in [0.717, 1.165) is 12.2 Å². The fourth-order valence-electron chi connectivity index (χ4n) is 1.03. The lowest BCUT2D eigenvalue weighted by Gasteiger charge is -1.93. The zero-order chi connectivity index (χ0) is 8.27. The number of rotatable bonds is 2. The fourth-order valence-corrected chi connectivity index (χ4v) is 1.25. The Balaban J connectivity index is 2.93. The quantitative estimate of drug-likeness (QED) is 0.465. The third-order valence-electron chi connectivity index (χ3n) is 1.70. The van der Waals surface area contributed by atoms with Crippen LogP contribution in [0.4, 0.5) is 0 Å². The van der Waals surface area contributed by atoms with Gasteiger partial charge in [0.05, 0.1) is 0 Å². The Bertz CT molecular complexity index is 248. The molecular weight excluding hydrogens is 156 g/mol. The van der Waals surface area contributed by atoms with Crippen LogP contribution in [0.3, 0.4) is 0 Å². The first-order valence-electron chi connectivity index (χ1n) is 3.68. The molecule has 60 valence electrons. The van der Waals surface area contributed by atoms with E-state index in [0.29, 0.717) is 0 Å². The largest absolute Gasteiger partial charge is 0.246 e. The smallest absolute Gasteiger partial charge is 0.197 e. The van der Waals surface area contributed by atoms with E-state index in [1.54, 1.807) is 0 Å². The molecule has 1 heterocycles. The first-order valence-corrected chi connectivity index (χ1v) is 4.32. The third-order valence-corrected chi connectivity index (χ3v) is 1.92. The van der Waals surface area contributed by atoms with Crippen molar-refractivity contribution in [3.05, 3.63) is 24.3 Å². The number of aryl methyl sites for hydroxylation is 3. The summed E-state index contributed by atoms with van der Waals surface area (Å²) in [4.78, 5) is 0. The Hall–Kier alpha value is -0.570. The average Bonchev–Trinajstić information content (AvgIpc) is 1.98. The Morgan fingerprint density at radius 1 is 1.36 bits per heavy atom. The van der Waals surface area contributed by atoms with Gasteiger partial charge in [0.25, 0.3) is 0 Å². The monoisotopic (exact) mass is 170 g/mol. The summed E-state index contributed by atoms with van der Waals surface area (Å²) >= 11 is 4.19. The molecule has 0 unspecified atom stereocenters. The van der Waals surface area contributed by atoms with E-state index < -0.39 is 0 Å². The Kier molecular flexibility index (Phi) is 2.88. The van der Waals surface area contributed by atoms with Crippen LogP contribution in [0.5, 0.6) is 0 Å². The summed E-state index contributed by atoms with van der Waals surface area (Å²) in [6.45, 7) is 0. The van der Waals surface area contributed by atoms with Crippen LogP contribution in [0.1, 0.15) is 5.69 Å². The van der Waals surface area contributed by atoms with E-state index in [9.17, 15) is 0 Å². The number of hydrogen-bond donors (Lipinski definition) is 1. The molecular formula is C8H14N2S+2. The van der Waals surface area contributed by atoms with Gasteiger partial charge in [-0.25, -0.2) is 0 Å². The van der Waals surface area contributed by atoms with Crippen molar-refractivity contribution < 1.29 is 9.13 Å². The van der Waals surface area contributed by atoms with Gasteiger partial charge in [0, 0.05) is 12.2 Å². The summed E-state index contributed by atoms with van der Waals surface area (Å²) in [5, 5.41) is 0. The Morgan fingerprint density at radius 2 is 2.09 bits per heavy atom. The van der Waals surface area contributed by atoms with Crippen molar-refractivity contribution in [3.63, 3.8) is 0 Å². The number of nitrogens with zero attached hydrogens (tertiary/aromatic N) is 2. The second kappa shape index (κ2) is 3.72. The van der Waals surface area contributed by atoms with Gasteiger partial charge in [-0.05, 0) is 0 Å². The molecule has 3 heteroatoms. The highest BCUT2D eigenvalue weighted by Gasteiger charge is 2.08. The van der Waals surface area contributed by atoms with E-state index in [-0.39, 0.29) is 0 Å². The van der Waals surface area contributed by atoms with Crippen LogP contribution in [-0.2, 0) is 20.5 Å². The molecule has 0 bridgehead atoms. The predicted octanol–water partition coefficient (Wildman–Crippen LogP) is -0.192. The van der Waals surface area contributed by atoms with Crippen molar-refractivity contribution in [2.75, 3.05) is 5.75 Å². The minimum absolute atomic E-state index is 0.901. The molecule has 11 heavy (non-hydrogen) atoms. The van der Waals surface area contributed by atoms with E-state index in [4.69, 9.17) is 0 Å². The van der Waals surface area contributed by atoms with Crippen molar-refractivity contribution in [2.45, 2.75) is 6.42 Å². The van der Waals surface area contributed by atoms with Gasteiger partial charge in [-0.1, -0.05) is 0 Å². The molecule has 1 rings (SSSR count). The molecule has 0 atom stereocenters. The number of aromatic nitrogens is 2. The maximum absolute atomic E-state index is 4.19. The van der Waals surface area contributed by atoms with Gasteiger partial charge in [0.15, 0.2) is 0 Å². The van der Waals surface area contributed by atoms with E-state index in [2.05, 4.69) is 41.2 Å². The minimum atomic E-state index is 0.901. The maximum atomic E-state index is 4.19. The standard InChI is InChI=1S/C8H13N2S/c1-9-4-5-10(2)8(7-9)3-6-11/h4-5,7H,3,6H2,1-2H3/q+1/p+1. The molecule has 0 amide bonds. The Morgan fingerprint density at radius 3 is 2.73 bits per heavy atom. The lowest BCUT2D eigenvalue weighted by molar-refractivity contribution is -0.732. The van der Waals surface area contributed by atoms with Crippen molar-refractivity contribution in [1.29, 1.82) is 0 Å². The van der Waals surface area contributed by atoms with Crippen LogP contribution >= 0.6 is 12.6 Å². The van der Waals surface area contributed by atoms with Crippen LogP contribution in [-0.4, -0.2) is 5.75 Å². The lowest BCUT2D eigenvalue weighted by atomic mass is 10.3. The summed E-state index contributed by atoms with van der Waals surface area (Å²) in [5.41, 5.74) is 1.31. The molecule has 2 nitrogen and oxygen atoms in total. The molecule has 0 spiro atoms. The van der Waals surface area contributed by atoms with Gasteiger partial charge in [0.1, 0.15) is 14.1 Å². The van der Waals surface area contributed by atoms with E-state index >= 15 is 0 Å². The molecule has 0 aliphatic rings. The molecule has 0 fully saturated rings. The second-order valence-corrected chi connectivity index (χ2v) is 3.12. The van der Waals surface area contributed by atoms with Crippen LogP contribution in [0.15, 0.2) is 18.6 Å². The van der Waals surface area contributed by atoms with Crippen LogP contribution in [0, 0.1) is 0 Å². The van der Waals surface area contributed by atoms with Gasteiger partial charge >= 0.3 is 0 Å². The highest BCUT2D eigenvalue weighted by molar-refractivity contribution is 7.80. The highest BCUT2D eigenvalue weighted by Crippen LogP contribution is 1.88. The van der Waals surface area contributed by atoms with Crippen molar-refractivity contribution >= 4 is 12.6 Å². The number of hydrogen-bond acceptors (Lipinski definition) is 1. The zero-order valence-corrected chi connectivity index (χ0v) is 7.88. The molecule has 0 radical (unpaired) electrons. The maximum Gasteiger partial charge on any atom is 0.246 e. The summed E-state index contributed by atoms with van der Waals surface area (Å²) in [5.74, 6) is 0.901. The summed E-state index contributed by atoms with van der Waals surface area (Å²) < 4.78 is 4.18. The normalized spacial score (nSPS) is 10.1. The van der Waals surface area contributed by atoms with Gasteiger partial charge in [0.2, 0.25) is 24.3 Å². The van der Waals surface area contributed by atoms with Crippen LogP contribution in [0.25, 0.3) is 0 Å². The predicted molar refractivity (Wildman–Crippen MR) is 46.4 cm³/mol. The molecule has 0 aliphatic heterocycles. The van der Waals surface area contributed by atoms with Gasteiger partial charge < -0.3 is 0 Å². The second-order valence-electron chi connectivity index (χ2n) is 2.67. The first kappa shape index (κ1) is 8.53. The van der Waals surface area contributed by atoms with E-state index in [1.807, 2.05) is 13.2 Å². The number of thiol groups is 1. The summed E-state index contributed by atoms with van der Waals surface area (Å²) in [6, 6.07) is 0. The zero-order valence-electron chi connectivity index (χ0n) is 6.99. The molecule has 0 saturated carbocycles. The minimum Gasteiger partial charge on any atom is -0.197 e. The van der Waals surface area contributed by atoms with Gasteiger partial charge in [-0.2, -0.15) is 21.8 Å². The summed E-state index contributed by atoms with van der Waals surface area (Å²) in [6.07, 6.45) is 7.23. The molecule has 0 saturated heterocycles. The SMILES string of the molecule is C[n+]1cc[n+](C)c(CCS)c1. The third kappa shape index (κ3) is 2.19. The highest BCUT2D eigenvalue weighted by atomic mass is 32.1. The first-order chi connectivity index (χ1) is 5.24. The molecule has 0 aliphatic carbocycles. The molecule has 1 aromatic rings. The molecule has 0 N–H and O–H groups in total. The van der Waals surface area contributed by atoms with Gasteiger partial charge in [-0.15, -0.1) is 0 Å². The molecule has 1 aromatic heterocycles. The van der Waals surface area contributed by atoms with Crippen molar-refractivity contribution in [1.82, 2.24) is 0 Å². The molecule has 0 aromatic carbocycles.